The second-order valence-electron chi connectivity index (χ2n) is 6.12. The van der Waals surface area contributed by atoms with Gasteiger partial charge in [0.2, 0.25) is 0 Å². The Balaban J connectivity index is 0.00000113. The third-order valence-electron chi connectivity index (χ3n) is 4.69. The van der Waals surface area contributed by atoms with Crippen molar-refractivity contribution < 1.29 is 9.53 Å². The minimum absolute atomic E-state index is 0. The maximum Gasteiger partial charge on any atom is 0.410 e. The van der Waals surface area contributed by atoms with Gasteiger partial charge in [-0.1, -0.05) is 63.4 Å². The summed E-state index contributed by atoms with van der Waals surface area (Å²) in [6.45, 7) is 2.47. The summed E-state index contributed by atoms with van der Waals surface area (Å²) in [6, 6.07) is 17.1. The van der Waals surface area contributed by atoms with E-state index in [2.05, 4.69) is 55.5 Å². The first-order chi connectivity index (χ1) is 11.3. The summed E-state index contributed by atoms with van der Waals surface area (Å²) in [5, 5.41) is 0. The van der Waals surface area contributed by atoms with Gasteiger partial charge in [-0.05, 0) is 29.2 Å². The number of ether oxygens (including phenoxy) is 1. The zero-order valence-corrected chi connectivity index (χ0v) is 13.9. The zero-order valence-electron chi connectivity index (χ0n) is 13.1. The van der Waals surface area contributed by atoms with Crippen molar-refractivity contribution in [3.8, 4) is 11.1 Å². The summed E-state index contributed by atoms with van der Waals surface area (Å²) in [5.74, 6) is 1.86. The van der Waals surface area contributed by atoms with E-state index in [1.807, 2.05) is 4.90 Å². The molecule has 1 fully saturated rings. The van der Waals surface area contributed by atoms with Crippen molar-refractivity contribution in [1.29, 1.82) is 0 Å². The largest absolute Gasteiger partial charge is 0.448 e. The molecule has 0 radical (unpaired) electrons. The maximum absolute atomic E-state index is 12.3. The predicted molar refractivity (Wildman–Crippen MR) is 107 cm³/mol. The lowest BCUT2D eigenvalue weighted by Gasteiger charge is -2.21. The van der Waals surface area contributed by atoms with E-state index in [0.29, 0.717) is 6.61 Å². The Morgan fingerprint density at radius 2 is 1.64 bits per heavy atom. The molecule has 2 aromatic rings. The number of fused-ring (bicyclic) bond motifs is 3. The van der Waals surface area contributed by atoms with Crippen LogP contribution in [0.15, 0.2) is 48.5 Å². The molecule has 134 valence electrons. The Morgan fingerprint density at radius 3 is 2.16 bits per heavy atom. The average Bonchev–Trinajstić information content (AvgIpc) is 3.14. The monoisotopic (exact) mass is 357 g/mol. The highest BCUT2D eigenvalue weighted by molar-refractivity contribution is 7.99. The number of hydrogen-bond donors (Lipinski definition) is 0. The number of thioether (sulfide) groups is 1. The van der Waals surface area contributed by atoms with Crippen molar-refractivity contribution in [3.05, 3.63) is 59.7 Å². The summed E-state index contributed by atoms with van der Waals surface area (Å²) in [6.07, 6.45) is -0.190. The van der Waals surface area contributed by atoms with E-state index in [0.717, 1.165) is 11.6 Å². The van der Waals surface area contributed by atoms with Crippen molar-refractivity contribution in [1.82, 2.24) is 4.90 Å². The standard InChI is InChI=1S/C19H19NO2S.2CH4/c1-13-11-23-12-20(13)19(21)22-10-18-16-8-4-2-6-14(16)15-7-3-5-9-17(15)18;;/h2-9,13,18H,10-12H2,1H3;2*1H4/t13-;;/m1../s1. The molecule has 1 aliphatic carbocycles. The molecule has 1 atom stereocenters. The number of hydrogen-bond acceptors (Lipinski definition) is 3. The van der Waals surface area contributed by atoms with Crippen molar-refractivity contribution in [2.24, 2.45) is 0 Å². The lowest BCUT2D eigenvalue weighted by atomic mass is 9.98. The molecule has 0 spiro atoms. The molecule has 2 aliphatic rings. The predicted octanol–water partition coefficient (Wildman–Crippen LogP) is 5.60. The topological polar surface area (TPSA) is 29.5 Å². The van der Waals surface area contributed by atoms with Crippen LogP contribution in [0.4, 0.5) is 4.79 Å². The van der Waals surface area contributed by atoms with Gasteiger partial charge in [-0.3, -0.25) is 4.90 Å². The highest BCUT2D eigenvalue weighted by Crippen LogP contribution is 2.44. The van der Waals surface area contributed by atoms with E-state index in [1.54, 1.807) is 11.8 Å². The van der Waals surface area contributed by atoms with Crippen molar-refractivity contribution in [2.75, 3.05) is 18.2 Å². The lowest BCUT2D eigenvalue weighted by molar-refractivity contribution is 0.100. The Morgan fingerprint density at radius 1 is 1.08 bits per heavy atom. The minimum atomic E-state index is -0.190. The molecule has 1 aliphatic heterocycles. The summed E-state index contributed by atoms with van der Waals surface area (Å²) < 4.78 is 5.67. The highest BCUT2D eigenvalue weighted by atomic mass is 32.2. The first kappa shape index (κ1) is 19.4. The summed E-state index contributed by atoms with van der Waals surface area (Å²) >= 11 is 1.78. The molecule has 4 heteroatoms. The average molecular weight is 358 g/mol. The van der Waals surface area contributed by atoms with Gasteiger partial charge in [0.1, 0.15) is 6.61 Å². The molecule has 0 unspecified atom stereocenters. The molecule has 0 N–H and O–H groups in total. The minimum Gasteiger partial charge on any atom is -0.448 e. The number of carbonyl (C=O) groups is 1. The van der Waals surface area contributed by atoms with Gasteiger partial charge in [-0.2, -0.15) is 0 Å². The van der Waals surface area contributed by atoms with Crippen molar-refractivity contribution in [2.45, 2.75) is 33.7 Å². The lowest BCUT2D eigenvalue weighted by Crippen LogP contribution is -2.35. The van der Waals surface area contributed by atoms with Crippen molar-refractivity contribution in [3.63, 3.8) is 0 Å². The molecule has 0 aromatic heterocycles. The van der Waals surface area contributed by atoms with E-state index < -0.39 is 0 Å². The molecule has 3 nitrogen and oxygen atoms in total. The number of carbonyl (C=O) groups excluding carboxylic acids is 1. The van der Waals surface area contributed by atoms with Crippen LogP contribution in [0.5, 0.6) is 0 Å². The Hall–Kier alpha value is -1.94. The number of benzene rings is 2. The van der Waals surface area contributed by atoms with Gasteiger partial charge in [-0.15, -0.1) is 11.8 Å². The number of rotatable bonds is 2. The fourth-order valence-electron chi connectivity index (χ4n) is 3.45. The summed E-state index contributed by atoms with van der Waals surface area (Å²) in [5.41, 5.74) is 5.03. The first-order valence-electron chi connectivity index (χ1n) is 7.95. The maximum atomic E-state index is 12.3. The van der Waals surface area contributed by atoms with Gasteiger partial charge < -0.3 is 4.74 Å². The van der Waals surface area contributed by atoms with Crippen LogP contribution in [0.25, 0.3) is 11.1 Å². The van der Waals surface area contributed by atoms with Crippen LogP contribution in [0.1, 0.15) is 38.8 Å². The van der Waals surface area contributed by atoms with Gasteiger partial charge in [0.05, 0.1) is 5.88 Å². The molecule has 2 aromatic carbocycles. The van der Waals surface area contributed by atoms with Crippen LogP contribution >= 0.6 is 11.8 Å². The summed E-state index contributed by atoms with van der Waals surface area (Å²) in [4.78, 5) is 14.1. The zero-order chi connectivity index (χ0) is 15.8. The van der Waals surface area contributed by atoms with E-state index >= 15 is 0 Å². The third kappa shape index (κ3) is 3.40. The van der Waals surface area contributed by atoms with Gasteiger partial charge in [0.15, 0.2) is 0 Å². The fraction of sp³-hybridized carbons (Fsp3) is 0.381. The molecule has 1 saturated heterocycles. The molecular formula is C21H27NO2S. The van der Waals surface area contributed by atoms with E-state index in [-0.39, 0.29) is 32.9 Å². The van der Waals surface area contributed by atoms with Crippen LogP contribution in [0.3, 0.4) is 0 Å². The molecule has 0 bridgehead atoms. The smallest absolute Gasteiger partial charge is 0.410 e. The van der Waals surface area contributed by atoms with Crippen LogP contribution in [0.2, 0.25) is 0 Å². The normalized spacial score (nSPS) is 18.0. The van der Waals surface area contributed by atoms with E-state index in [1.165, 1.54) is 22.3 Å². The van der Waals surface area contributed by atoms with Crippen LogP contribution in [0, 0.1) is 0 Å². The van der Waals surface area contributed by atoms with Crippen molar-refractivity contribution >= 4 is 17.9 Å². The quantitative estimate of drug-likeness (QED) is 0.700. The van der Waals surface area contributed by atoms with Crippen LogP contribution in [-0.4, -0.2) is 35.3 Å². The SMILES string of the molecule is C.C.C[C@@H]1CSCN1C(=O)OCC1c2ccccc2-c2ccccc21. The molecule has 4 rings (SSSR count). The van der Waals surface area contributed by atoms with E-state index in [9.17, 15) is 4.79 Å². The number of nitrogens with zero attached hydrogens (tertiary/aromatic N) is 1. The summed E-state index contributed by atoms with van der Waals surface area (Å²) in [7, 11) is 0. The van der Waals surface area contributed by atoms with E-state index in [4.69, 9.17) is 4.74 Å². The highest BCUT2D eigenvalue weighted by Gasteiger charge is 2.31. The van der Waals surface area contributed by atoms with Gasteiger partial charge in [0.25, 0.3) is 0 Å². The molecule has 0 saturated carbocycles. The molecular weight excluding hydrogens is 330 g/mol. The molecule has 25 heavy (non-hydrogen) atoms. The Labute approximate surface area is 155 Å². The Kier molecular flexibility index (Phi) is 6.17. The van der Waals surface area contributed by atoms with Gasteiger partial charge >= 0.3 is 6.09 Å². The van der Waals surface area contributed by atoms with Crippen LogP contribution in [-0.2, 0) is 4.74 Å². The fourth-order valence-corrected chi connectivity index (χ4v) is 4.63. The first-order valence-corrected chi connectivity index (χ1v) is 9.10. The van der Waals surface area contributed by atoms with Gasteiger partial charge in [0, 0.05) is 17.7 Å². The van der Waals surface area contributed by atoms with Crippen LogP contribution < -0.4 is 0 Å². The second kappa shape index (κ2) is 7.96. The number of amides is 1. The molecule has 1 amide bonds. The van der Waals surface area contributed by atoms with Gasteiger partial charge in [-0.25, -0.2) is 4.79 Å². The second-order valence-corrected chi connectivity index (χ2v) is 7.12. The third-order valence-corrected chi connectivity index (χ3v) is 5.87. The molecule has 1 heterocycles. The Bertz CT molecular complexity index is 701.